The average molecular weight is 855 g/mol. The van der Waals surface area contributed by atoms with Crippen LogP contribution in [0.25, 0.3) is 22.1 Å². The Labute approximate surface area is 355 Å². The molecule has 0 unspecified atom stereocenters. The minimum atomic E-state index is -0.379. The molecule has 0 radical (unpaired) electrons. The van der Waals surface area contributed by atoms with Gasteiger partial charge in [0.05, 0.1) is 5.39 Å². The minimum absolute atomic E-state index is 0.236. The maximum atomic E-state index is 11.0. The van der Waals surface area contributed by atoms with Gasteiger partial charge in [0.25, 0.3) is 5.56 Å². The molecule has 24 heteroatoms. The number of hydrogen-bond donors (Lipinski definition) is 5. The van der Waals surface area contributed by atoms with Gasteiger partial charge in [-0.25, -0.2) is 39.3 Å². The van der Waals surface area contributed by atoms with Crippen molar-refractivity contribution in [2.24, 2.45) is 42.3 Å². The van der Waals surface area contributed by atoms with Gasteiger partial charge in [-0.1, -0.05) is 0 Å². The second-order valence-electron chi connectivity index (χ2n) is 13.7. The SMILES string of the molecule is CNc1nc(=O)n(C)cc1C.CNc1ncn(C)c(=O)n1.Cc1cn(C)c(=O)[nH]c1=O.Cc1cn(C)c2nc(N)ncc12.Cc1cn(C)c2ncnc(N)c12.Cc1ncn(C)n1. The van der Waals surface area contributed by atoms with Gasteiger partial charge in [0.1, 0.15) is 47.7 Å². The van der Waals surface area contributed by atoms with Crippen LogP contribution in [-0.2, 0) is 42.3 Å². The number of nitrogens with one attached hydrogen (secondary N) is 3. The number of nitrogens with two attached hydrogens (primary N) is 2. The van der Waals surface area contributed by atoms with Crippen molar-refractivity contribution in [3.05, 3.63) is 120 Å². The van der Waals surface area contributed by atoms with Crippen molar-refractivity contribution in [2.45, 2.75) is 34.6 Å². The molecule has 62 heavy (non-hydrogen) atoms. The molecule has 0 aliphatic heterocycles. The zero-order valence-corrected chi connectivity index (χ0v) is 37.1. The van der Waals surface area contributed by atoms with Gasteiger partial charge in [0.15, 0.2) is 0 Å². The van der Waals surface area contributed by atoms with Crippen LogP contribution in [0.2, 0.25) is 0 Å². The molecule has 0 saturated carbocycles. The Morgan fingerprint density at radius 1 is 0.597 bits per heavy atom. The zero-order valence-electron chi connectivity index (χ0n) is 37.1. The summed E-state index contributed by atoms with van der Waals surface area (Å²) in [5.74, 6) is 2.69. The highest BCUT2D eigenvalue weighted by molar-refractivity contribution is 5.89. The number of aromatic nitrogens is 16. The molecule has 0 aromatic carbocycles. The van der Waals surface area contributed by atoms with Crippen molar-refractivity contribution in [3.63, 3.8) is 0 Å². The number of nitrogen functional groups attached to an aromatic ring is 2. The highest BCUT2D eigenvalue weighted by Gasteiger charge is 2.07. The van der Waals surface area contributed by atoms with Crippen LogP contribution in [0, 0.1) is 34.6 Å². The molecule has 0 aliphatic rings. The summed E-state index contributed by atoms with van der Waals surface area (Å²) in [5.41, 5.74) is 15.5. The van der Waals surface area contributed by atoms with E-state index in [0.717, 1.165) is 39.0 Å². The van der Waals surface area contributed by atoms with E-state index in [9.17, 15) is 19.2 Å². The van der Waals surface area contributed by atoms with E-state index in [1.54, 1.807) is 65.6 Å². The van der Waals surface area contributed by atoms with Crippen molar-refractivity contribution in [1.29, 1.82) is 0 Å². The number of H-pyrrole nitrogens is 1. The fourth-order valence-electron chi connectivity index (χ4n) is 5.38. The largest absolute Gasteiger partial charge is 0.383 e. The molecule has 0 atom stereocenters. The lowest BCUT2D eigenvalue weighted by Gasteiger charge is -2.03. The Morgan fingerprint density at radius 3 is 1.76 bits per heavy atom. The molecule has 0 spiro atoms. The molecule has 330 valence electrons. The van der Waals surface area contributed by atoms with Crippen LogP contribution in [0.4, 0.5) is 23.5 Å². The lowest BCUT2D eigenvalue weighted by Crippen LogP contribution is -2.28. The molecular weight excluding hydrogens is 801 g/mol. The highest BCUT2D eigenvalue weighted by Crippen LogP contribution is 2.21. The Balaban J connectivity index is 0.000000200. The third kappa shape index (κ3) is 13.2. The Hall–Kier alpha value is -8.05. The van der Waals surface area contributed by atoms with Crippen LogP contribution < -0.4 is 44.7 Å². The summed E-state index contributed by atoms with van der Waals surface area (Å²) in [6, 6.07) is 0. The summed E-state index contributed by atoms with van der Waals surface area (Å²) in [6.07, 6.45) is 13.6. The molecule has 0 amide bonds. The van der Waals surface area contributed by atoms with E-state index in [4.69, 9.17) is 11.5 Å². The highest BCUT2D eigenvalue weighted by atomic mass is 16.2. The van der Waals surface area contributed by atoms with Gasteiger partial charge in [-0.15, -0.1) is 0 Å². The number of anilines is 4. The summed E-state index contributed by atoms with van der Waals surface area (Å²) in [4.78, 5) is 76.5. The maximum Gasteiger partial charge on any atom is 0.351 e. The normalized spacial score (nSPS) is 10.1. The third-order valence-electron chi connectivity index (χ3n) is 8.49. The molecule has 8 aromatic heterocycles. The van der Waals surface area contributed by atoms with E-state index < -0.39 is 0 Å². The van der Waals surface area contributed by atoms with Crippen LogP contribution in [0.15, 0.2) is 69.1 Å². The molecule has 0 saturated heterocycles. The average Bonchev–Trinajstić information content (AvgIpc) is 3.85. The molecular formula is C38H54N20O4. The molecule has 7 N–H and O–H groups in total. The summed E-state index contributed by atoms with van der Waals surface area (Å²) < 4.78 is 9.66. The number of hydrogen-bond acceptors (Lipinski definition) is 17. The molecule has 8 heterocycles. The quantitative estimate of drug-likeness (QED) is 0.159. The second kappa shape index (κ2) is 21.8. The first-order valence-corrected chi connectivity index (χ1v) is 18.6. The van der Waals surface area contributed by atoms with Crippen LogP contribution in [0.1, 0.15) is 28.1 Å². The zero-order chi connectivity index (χ0) is 46.4. The fourth-order valence-corrected chi connectivity index (χ4v) is 5.38. The van der Waals surface area contributed by atoms with Crippen molar-refractivity contribution in [2.75, 3.05) is 36.2 Å². The number of fused-ring (bicyclic) bond motifs is 2. The molecule has 0 fully saturated rings. The summed E-state index contributed by atoms with van der Waals surface area (Å²) >= 11 is 0. The van der Waals surface area contributed by atoms with Crippen molar-refractivity contribution < 1.29 is 0 Å². The first-order chi connectivity index (χ1) is 29.2. The summed E-state index contributed by atoms with van der Waals surface area (Å²) in [6.45, 7) is 9.44. The number of aryl methyl sites for hydroxylation is 11. The van der Waals surface area contributed by atoms with E-state index in [1.807, 2.05) is 70.4 Å². The van der Waals surface area contributed by atoms with E-state index in [0.29, 0.717) is 29.1 Å². The molecule has 8 aromatic rings. The fraction of sp³-hybridized carbons (Fsp3) is 0.342. The predicted molar refractivity (Wildman–Crippen MR) is 239 cm³/mol. The van der Waals surface area contributed by atoms with Crippen molar-refractivity contribution in [1.82, 2.24) is 77.5 Å². The molecule has 24 nitrogen and oxygen atoms in total. The molecule has 8 rings (SSSR count). The van der Waals surface area contributed by atoms with Gasteiger partial charge in [-0.2, -0.15) is 20.1 Å². The maximum absolute atomic E-state index is 11.0. The van der Waals surface area contributed by atoms with E-state index in [1.165, 1.54) is 38.1 Å². The minimum Gasteiger partial charge on any atom is -0.383 e. The van der Waals surface area contributed by atoms with Crippen LogP contribution >= 0.6 is 0 Å². The predicted octanol–water partition coefficient (Wildman–Crippen LogP) is 0.571. The van der Waals surface area contributed by atoms with Gasteiger partial charge in [-0.3, -0.25) is 19.0 Å². The Bertz CT molecular complexity index is 2940. The lowest BCUT2D eigenvalue weighted by molar-refractivity contribution is 0.756. The number of rotatable bonds is 2. The van der Waals surface area contributed by atoms with E-state index in [-0.39, 0.29) is 22.6 Å². The molecule has 0 bridgehead atoms. The van der Waals surface area contributed by atoms with Gasteiger partial charge in [0.2, 0.25) is 11.9 Å². The van der Waals surface area contributed by atoms with Crippen LogP contribution in [0.3, 0.4) is 0 Å². The number of nitrogens with zero attached hydrogens (tertiary/aromatic N) is 15. The van der Waals surface area contributed by atoms with Gasteiger partial charge >= 0.3 is 17.1 Å². The van der Waals surface area contributed by atoms with Gasteiger partial charge < -0.3 is 40.4 Å². The van der Waals surface area contributed by atoms with E-state index >= 15 is 0 Å². The van der Waals surface area contributed by atoms with Crippen LogP contribution in [-0.4, -0.2) is 91.6 Å². The topological polar surface area (TPSA) is 306 Å². The Kier molecular flexibility index (Phi) is 17.0. The second-order valence-corrected chi connectivity index (χ2v) is 13.7. The van der Waals surface area contributed by atoms with Crippen molar-refractivity contribution >= 4 is 45.6 Å². The van der Waals surface area contributed by atoms with Crippen LogP contribution in [0.5, 0.6) is 0 Å². The van der Waals surface area contributed by atoms with Gasteiger partial charge in [-0.05, 0) is 45.7 Å². The lowest BCUT2D eigenvalue weighted by atomic mass is 10.2. The summed E-state index contributed by atoms with van der Waals surface area (Å²) in [5, 5.41) is 11.4. The Morgan fingerprint density at radius 2 is 1.21 bits per heavy atom. The van der Waals surface area contributed by atoms with Gasteiger partial charge in [0, 0.05) is 104 Å². The first kappa shape index (κ1) is 48.3. The molecule has 0 aliphatic carbocycles. The monoisotopic (exact) mass is 854 g/mol. The smallest absolute Gasteiger partial charge is 0.351 e. The number of aromatic amines is 1. The summed E-state index contributed by atoms with van der Waals surface area (Å²) in [7, 11) is 14.0. The van der Waals surface area contributed by atoms with E-state index in [2.05, 4.69) is 60.6 Å². The van der Waals surface area contributed by atoms with Crippen molar-refractivity contribution in [3.8, 4) is 0 Å². The standard InChI is InChI=1S/2C8H10N4.C7H11N3O.C6H8N2O2.C5H8N4O.C4H7N3/c1-5-4-12(2)7-6(5)3-10-8(9)11-7;1-5-3-12(2)8-6(5)7(9)10-4-11-8;1-5-4-10(3)7(11)9-6(5)8-2;1-4-3-8(2)6(10)7-5(4)9;1-6-4-7-3-9(2)5(10)8-4;1-4-5-3-7(2)6-4/h2*3-4H,1-2H3,(H2,9,10,11);4H,1-3H3,(H,8,9,11);3H,1-2H3,(H,7,9,10);3H,1-2H3,(H,6,8,10);3H,1-2H3. The first-order valence-electron chi connectivity index (χ1n) is 18.6. The third-order valence-corrected chi connectivity index (χ3v) is 8.49.